The van der Waals surface area contributed by atoms with Gasteiger partial charge in [-0.25, -0.2) is 8.78 Å². The predicted octanol–water partition coefficient (Wildman–Crippen LogP) is 3.82. The lowest BCUT2D eigenvalue weighted by atomic mass is 9.98. The Morgan fingerprint density at radius 2 is 2.13 bits per heavy atom. The van der Waals surface area contributed by atoms with E-state index in [1.54, 1.807) is 6.07 Å². The van der Waals surface area contributed by atoms with Crippen molar-refractivity contribution >= 4 is 15.9 Å². The molecule has 0 heterocycles. The highest BCUT2D eigenvalue weighted by Gasteiger charge is 2.15. The molecule has 0 atom stereocenters. The van der Waals surface area contributed by atoms with Crippen molar-refractivity contribution in [3.8, 4) is 6.07 Å². The molecule has 0 saturated heterocycles. The van der Waals surface area contributed by atoms with Gasteiger partial charge in [0.05, 0.1) is 11.6 Å². The topological polar surface area (TPSA) is 23.8 Å². The fourth-order valence-corrected chi connectivity index (χ4v) is 1.72. The molecule has 0 fully saturated rings. The fraction of sp³-hybridized carbons (Fsp3) is 0.364. The van der Waals surface area contributed by atoms with Crippen molar-refractivity contribution in [2.45, 2.75) is 19.3 Å². The summed E-state index contributed by atoms with van der Waals surface area (Å²) in [6, 6.07) is 6.41. The van der Waals surface area contributed by atoms with Crippen molar-refractivity contribution in [3.63, 3.8) is 0 Å². The summed E-state index contributed by atoms with van der Waals surface area (Å²) in [7, 11) is 0. The van der Waals surface area contributed by atoms with Crippen LogP contribution in [0.15, 0.2) is 18.2 Å². The van der Waals surface area contributed by atoms with E-state index >= 15 is 0 Å². The van der Waals surface area contributed by atoms with E-state index < -0.39 is 6.43 Å². The molecule has 1 rings (SSSR count). The monoisotopic (exact) mass is 273 g/mol. The van der Waals surface area contributed by atoms with Crippen molar-refractivity contribution in [3.05, 3.63) is 34.9 Å². The molecule has 15 heavy (non-hydrogen) atoms. The number of halogens is 3. The van der Waals surface area contributed by atoms with Crippen molar-refractivity contribution in [2.24, 2.45) is 0 Å². The summed E-state index contributed by atoms with van der Waals surface area (Å²) >= 11 is 3.24. The maximum absolute atomic E-state index is 12.7. The van der Waals surface area contributed by atoms with E-state index in [2.05, 4.69) is 15.9 Å². The van der Waals surface area contributed by atoms with Crippen molar-refractivity contribution in [1.29, 1.82) is 5.26 Å². The molecule has 4 heteroatoms. The Balaban J connectivity index is 3.10. The summed E-state index contributed by atoms with van der Waals surface area (Å²) < 4.78 is 25.3. The van der Waals surface area contributed by atoms with Gasteiger partial charge in [-0.1, -0.05) is 28.1 Å². The van der Waals surface area contributed by atoms with Gasteiger partial charge < -0.3 is 0 Å². The number of hydrogen-bond acceptors (Lipinski definition) is 1. The molecular formula is C11H10BrF2N. The molecule has 0 saturated carbocycles. The van der Waals surface area contributed by atoms with E-state index in [9.17, 15) is 8.78 Å². The number of nitriles is 1. The molecule has 0 radical (unpaired) electrons. The van der Waals surface area contributed by atoms with E-state index in [1.807, 2.05) is 6.07 Å². The van der Waals surface area contributed by atoms with Gasteiger partial charge in [-0.05, 0) is 24.5 Å². The largest absolute Gasteiger partial charge is 0.264 e. The third-order valence-electron chi connectivity index (χ3n) is 2.13. The third kappa shape index (κ3) is 3.00. The second-order valence-electron chi connectivity index (χ2n) is 3.08. The quantitative estimate of drug-likeness (QED) is 0.765. The molecule has 0 aliphatic carbocycles. The zero-order valence-electron chi connectivity index (χ0n) is 8.01. The van der Waals surface area contributed by atoms with Crippen molar-refractivity contribution in [1.82, 2.24) is 0 Å². The van der Waals surface area contributed by atoms with Crippen molar-refractivity contribution < 1.29 is 8.78 Å². The Morgan fingerprint density at radius 3 is 2.67 bits per heavy atom. The standard InChI is InChI=1S/C11H10BrF2N/c12-6-2-5-9-8(7-15)3-1-4-10(9)11(13)14/h1,3-4,11H,2,5-6H2. The molecule has 1 aromatic carbocycles. The Bertz CT molecular complexity index is 371. The van der Waals surface area contributed by atoms with Gasteiger partial charge in [0.15, 0.2) is 0 Å². The lowest BCUT2D eigenvalue weighted by molar-refractivity contribution is 0.150. The summed E-state index contributed by atoms with van der Waals surface area (Å²) in [5.74, 6) is 0. The van der Waals surface area contributed by atoms with Gasteiger partial charge in [0.1, 0.15) is 0 Å². The molecule has 0 aliphatic heterocycles. The first-order valence-corrected chi connectivity index (χ1v) is 5.69. The number of rotatable bonds is 4. The summed E-state index contributed by atoms with van der Waals surface area (Å²) in [6.07, 6.45) is -1.25. The van der Waals surface area contributed by atoms with E-state index in [4.69, 9.17) is 5.26 Å². The molecule has 0 amide bonds. The zero-order chi connectivity index (χ0) is 11.3. The molecule has 0 aromatic heterocycles. The second kappa shape index (κ2) is 5.82. The summed E-state index contributed by atoms with van der Waals surface area (Å²) in [5.41, 5.74) is 0.818. The van der Waals surface area contributed by atoms with Gasteiger partial charge in [0.2, 0.25) is 0 Å². The molecule has 1 nitrogen and oxygen atoms in total. The van der Waals surface area contributed by atoms with Crippen LogP contribution in [0.4, 0.5) is 8.78 Å². The molecule has 0 spiro atoms. The Kier molecular flexibility index (Phi) is 4.70. The van der Waals surface area contributed by atoms with Gasteiger partial charge >= 0.3 is 0 Å². The van der Waals surface area contributed by atoms with Crippen LogP contribution in [0, 0.1) is 11.3 Å². The Hall–Kier alpha value is -0.950. The van der Waals surface area contributed by atoms with Gasteiger partial charge in [-0.3, -0.25) is 0 Å². The number of benzene rings is 1. The van der Waals surface area contributed by atoms with Gasteiger partial charge in [0, 0.05) is 10.9 Å². The van der Waals surface area contributed by atoms with Crippen molar-refractivity contribution in [2.75, 3.05) is 5.33 Å². The average Bonchev–Trinajstić information content (AvgIpc) is 2.25. The highest BCUT2D eigenvalue weighted by Crippen LogP contribution is 2.26. The molecule has 80 valence electrons. The van der Waals surface area contributed by atoms with Crippen LogP contribution in [0.1, 0.15) is 29.5 Å². The van der Waals surface area contributed by atoms with Crippen LogP contribution in [-0.4, -0.2) is 5.33 Å². The van der Waals surface area contributed by atoms with Crippen LogP contribution in [0.3, 0.4) is 0 Å². The van der Waals surface area contributed by atoms with Gasteiger partial charge in [0.25, 0.3) is 6.43 Å². The van der Waals surface area contributed by atoms with Crippen LogP contribution < -0.4 is 0 Å². The smallest absolute Gasteiger partial charge is 0.205 e. The normalized spacial score (nSPS) is 10.3. The first-order valence-electron chi connectivity index (χ1n) is 4.56. The fourth-order valence-electron chi connectivity index (χ4n) is 1.44. The molecule has 0 aliphatic rings. The van der Waals surface area contributed by atoms with Gasteiger partial charge in [-0.2, -0.15) is 5.26 Å². The summed E-state index contributed by atoms with van der Waals surface area (Å²) in [4.78, 5) is 0. The van der Waals surface area contributed by atoms with E-state index in [0.29, 0.717) is 17.5 Å². The van der Waals surface area contributed by atoms with E-state index in [-0.39, 0.29) is 5.56 Å². The first-order chi connectivity index (χ1) is 7.20. The van der Waals surface area contributed by atoms with Crippen LogP contribution in [0.5, 0.6) is 0 Å². The van der Waals surface area contributed by atoms with Crippen LogP contribution in [0.25, 0.3) is 0 Å². The molecular weight excluding hydrogens is 264 g/mol. The Morgan fingerprint density at radius 1 is 1.40 bits per heavy atom. The minimum absolute atomic E-state index is 0.0185. The number of hydrogen-bond donors (Lipinski definition) is 0. The van der Waals surface area contributed by atoms with Crippen LogP contribution >= 0.6 is 15.9 Å². The highest BCUT2D eigenvalue weighted by atomic mass is 79.9. The second-order valence-corrected chi connectivity index (χ2v) is 3.87. The van der Waals surface area contributed by atoms with Gasteiger partial charge in [-0.15, -0.1) is 0 Å². The SMILES string of the molecule is N#Cc1cccc(C(F)F)c1CCCBr. The predicted molar refractivity (Wildman–Crippen MR) is 58.2 cm³/mol. The summed E-state index contributed by atoms with van der Waals surface area (Å²) in [6.45, 7) is 0. The van der Waals surface area contributed by atoms with E-state index in [0.717, 1.165) is 11.8 Å². The Labute approximate surface area is 95.8 Å². The molecule has 0 bridgehead atoms. The lowest BCUT2D eigenvalue weighted by Crippen LogP contribution is -1.99. The molecule has 0 N–H and O–H groups in total. The average molecular weight is 274 g/mol. The van der Waals surface area contributed by atoms with Crippen LogP contribution in [-0.2, 0) is 6.42 Å². The van der Waals surface area contributed by atoms with Crippen LogP contribution in [0.2, 0.25) is 0 Å². The molecule has 1 aromatic rings. The lowest BCUT2D eigenvalue weighted by Gasteiger charge is -2.09. The first kappa shape index (κ1) is 12.1. The number of alkyl halides is 3. The minimum atomic E-state index is -2.51. The molecule has 0 unspecified atom stereocenters. The maximum Gasteiger partial charge on any atom is 0.264 e. The minimum Gasteiger partial charge on any atom is -0.205 e. The highest BCUT2D eigenvalue weighted by molar-refractivity contribution is 9.09. The zero-order valence-corrected chi connectivity index (χ0v) is 9.60. The van der Waals surface area contributed by atoms with E-state index in [1.165, 1.54) is 12.1 Å². The third-order valence-corrected chi connectivity index (χ3v) is 2.69. The number of nitrogens with zero attached hydrogens (tertiary/aromatic N) is 1. The summed E-state index contributed by atoms with van der Waals surface area (Å²) in [5, 5.41) is 9.56. The maximum atomic E-state index is 12.7.